The van der Waals surface area contributed by atoms with E-state index in [1.165, 1.54) is 6.42 Å². The lowest BCUT2D eigenvalue weighted by Crippen LogP contribution is -2.49. The zero-order valence-electron chi connectivity index (χ0n) is 13.3. The van der Waals surface area contributed by atoms with Gasteiger partial charge in [-0.2, -0.15) is 4.57 Å². The highest BCUT2D eigenvalue weighted by atomic mass is 16.2. The summed E-state index contributed by atoms with van der Waals surface area (Å²) in [5.74, 6) is -0.309. The minimum Gasteiger partial charge on any atom is -0.377 e. The summed E-state index contributed by atoms with van der Waals surface area (Å²) in [6, 6.07) is 3.67. The molecule has 0 radical (unpaired) electrons. The van der Waals surface area contributed by atoms with Crippen LogP contribution in [0.25, 0.3) is 0 Å². The largest absolute Gasteiger partial charge is 0.377 e. The number of anilines is 1. The summed E-state index contributed by atoms with van der Waals surface area (Å²) < 4.78 is 1.75. The number of rotatable bonds is 4. The number of amides is 3. The first-order valence-corrected chi connectivity index (χ1v) is 7.81. The Morgan fingerprint density at radius 3 is 2.41 bits per heavy atom. The summed E-state index contributed by atoms with van der Waals surface area (Å²) in [4.78, 5) is 25.7. The van der Waals surface area contributed by atoms with Crippen molar-refractivity contribution >= 4 is 17.6 Å². The van der Waals surface area contributed by atoms with Gasteiger partial charge in [-0.25, -0.2) is 4.79 Å². The number of nitrogens with zero attached hydrogens (tertiary/aromatic N) is 2. The van der Waals surface area contributed by atoms with E-state index >= 15 is 0 Å². The Morgan fingerprint density at radius 2 is 1.82 bits per heavy atom. The van der Waals surface area contributed by atoms with E-state index in [4.69, 9.17) is 0 Å². The Labute approximate surface area is 131 Å². The lowest BCUT2D eigenvalue weighted by atomic mass is 9.96. The fourth-order valence-electron chi connectivity index (χ4n) is 2.65. The fraction of sp³-hybridized carbons (Fsp3) is 0.562. The highest BCUT2D eigenvalue weighted by Gasteiger charge is 2.18. The Bertz CT molecular complexity index is 507. The second-order valence-corrected chi connectivity index (χ2v) is 5.98. The third-order valence-corrected chi connectivity index (χ3v) is 3.91. The molecule has 1 aromatic rings. The number of nitrogens with one attached hydrogen (secondary N) is 2. The molecular weight excluding hydrogens is 280 g/mol. The van der Waals surface area contributed by atoms with E-state index in [2.05, 4.69) is 10.6 Å². The lowest BCUT2D eigenvalue weighted by molar-refractivity contribution is -0.684. The van der Waals surface area contributed by atoms with Gasteiger partial charge < -0.3 is 10.2 Å². The molecule has 0 atom stereocenters. The van der Waals surface area contributed by atoms with Gasteiger partial charge in [-0.1, -0.05) is 19.3 Å². The molecule has 3 amide bonds. The van der Waals surface area contributed by atoms with Gasteiger partial charge in [0.05, 0.1) is 0 Å². The molecule has 22 heavy (non-hydrogen) atoms. The molecule has 0 spiro atoms. The summed E-state index contributed by atoms with van der Waals surface area (Å²) in [5.41, 5.74) is 1.06. The summed E-state index contributed by atoms with van der Waals surface area (Å²) in [6.45, 7) is 0.131. The van der Waals surface area contributed by atoms with Gasteiger partial charge in [0, 0.05) is 38.0 Å². The number of hydrogen-bond acceptors (Lipinski definition) is 3. The van der Waals surface area contributed by atoms with Crippen LogP contribution in [-0.4, -0.2) is 32.1 Å². The third kappa shape index (κ3) is 5.02. The number of urea groups is 1. The third-order valence-electron chi connectivity index (χ3n) is 3.91. The molecule has 1 aliphatic carbocycles. The maximum absolute atomic E-state index is 11.9. The first-order chi connectivity index (χ1) is 10.5. The smallest absolute Gasteiger partial charge is 0.321 e. The molecular formula is C16H25N4O2+. The quantitative estimate of drug-likeness (QED) is 0.822. The summed E-state index contributed by atoms with van der Waals surface area (Å²) >= 11 is 0. The first-order valence-electron chi connectivity index (χ1n) is 7.81. The van der Waals surface area contributed by atoms with Gasteiger partial charge in [0.15, 0.2) is 12.4 Å². The van der Waals surface area contributed by atoms with Crippen LogP contribution in [0.3, 0.4) is 0 Å². The Hall–Kier alpha value is -2.11. The molecule has 1 heterocycles. The van der Waals surface area contributed by atoms with E-state index < -0.39 is 0 Å². The van der Waals surface area contributed by atoms with E-state index in [0.29, 0.717) is 0 Å². The van der Waals surface area contributed by atoms with E-state index in [9.17, 15) is 9.59 Å². The van der Waals surface area contributed by atoms with E-state index in [-0.39, 0.29) is 24.5 Å². The van der Waals surface area contributed by atoms with Crippen LogP contribution in [0, 0.1) is 0 Å². The SMILES string of the molecule is CN(C)c1cc[n+](CC(=O)NC(=O)NC2CCCCC2)cc1. The molecule has 1 aliphatic rings. The maximum atomic E-state index is 11.9. The van der Waals surface area contributed by atoms with Gasteiger partial charge in [0.2, 0.25) is 6.54 Å². The zero-order valence-corrected chi connectivity index (χ0v) is 13.3. The topological polar surface area (TPSA) is 65.3 Å². The average Bonchev–Trinajstić information content (AvgIpc) is 2.48. The molecule has 2 rings (SSSR count). The van der Waals surface area contributed by atoms with Crippen LogP contribution in [0.1, 0.15) is 32.1 Å². The number of aromatic nitrogens is 1. The van der Waals surface area contributed by atoms with Crippen LogP contribution in [0.5, 0.6) is 0 Å². The molecule has 0 aromatic carbocycles. The van der Waals surface area contributed by atoms with Crippen LogP contribution >= 0.6 is 0 Å². The second-order valence-electron chi connectivity index (χ2n) is 5.98. The van der Waals surface area contributed by atoms with Gasteiger partial charge in [-0.15, -0.1) is 0 Å². The van der Waals surface area contributed by atoms with Crippen molar-refractivity contribution in [2.45, 2.75) is 44.7 Å². The molecule has 0 unspecified atom stereocenters. The number of carbonyl (C=O) groups is 2. The highest BCUT2D eigenvalue weighted by Crippen LogP contribution is 2.17. The second kappa shape index (κ2) is 7.77. The van der Waals surface area contributed by atoms with Crippen molar-refractivity contribution in [2.75, 3.05) is 19.0 Å². The van der Waals surface area contributed by atoms with Gasteiger partial charge >= 0.3 is 6.03 Å². The molecule has 0 bridgehead atoms. The van der Waals surface area contributed by atoms with Crippen molar-refractivity contribution < 1.29 is 14.2 Å². The van der Waals surface area contributed by atoms with Gasteiger partial charge in [0.1, 0.15) is 0 Å². The average molecular weight is 305 g/mol. The van der Waals surface area contributed by atoms with E-state index in [1.54, 1.807) is 4.57 Å². The Morgan fingerprint density at radius 1 is 1.18 bits per heavy atom. The summed E-state index contributed by atoms with van der Waals surface area (Å²) in [5, 5.41) is 5.27. The molecule has 6 nitrogen and oxygen atoms in total. The van der Waals surface area contributed by atoms with Crippen molar-refractivity contribution in [3.63, 3.8) is 0 Å². The van der Waals surface area contributed by atoms with Gasteiger partial charge in [-0.05, 0) is 12.8 Å². The molecule has 0 saturated heterocycles. The van der Waals surface area contributed by atoms with Crippen LogP contribution < -0.4 is 20.1 Å². The Balaban J connectivity index is 1.77. The summed E-state index contributed by atoms with van der Waals surface area (Å²) in [7, 11) is 3.92. The number of imide groups is 1. The minimum atomic E-state index is -0.387. The molecule has 0 aliphatic heterocycles. The zero-order chi connectivity index (χ0) is 15.9. The molecule has 2 N–H and O–H groups in total. The predicted octanol–water partition coefficient (Wildman–Crippen LogP) is 1.20. The van der Waals surface area contributed by atoms with E-state index in [0.717, 1.165) is 31.4 Å². The predicted molar refractivity (Wildman–Crippen MR) is 84.5 cm³/mol. The molecule has 1 aromatic heterocycles. The molecule has 1 fully saturated rings. The lowest BCUT2D eigenvalue weighted by Gasteiger charge is -2.22. The number of carbonyl (C=O) groups excluding carboxylic acids is 2. The van der Waals surface area contributed by atoms with Crippen LogP contribution in [0.4, 0.5) is 10.5 Å². The van der Waals surface area contributed by atoms with E-state index in [1.807, 2.05) is 43.5 Å². The normalized spacial score (nSPS) is 15.2. The molecule has 1 saturated carbocycles. The first kappa shape index (κ1) is 16.3. The van der Waals surface area contributed by atoms with Crippen molar-refractivity contribution in [3.8, 4) is 0 Å². The molecule has 120 valence electrons. The fourth-order valence-corrected chi connectivity index (χ4v) is 2.65. The number of pyridine rings is 1. The minimum absolute atomic E-state index is 0.131. The monoisotopic (exact) mass is 305 g/mol. The standard InChI is InChI=1S/C16H24N4O2/c1-19(2)14-8-10-20(11-9-14)12-15(21)18-16(22)17-13-6-4-3-5-7-13/h8-11,13H,3-7,12H2,1-2H3,(H-,17,18,21,22)/p+1. The van der Waals surface area contributed by atoms with Crippen LogP contribution in [-0.2, 0) is 11.3 Å². The van der Waals surface area contributed by atoms with Crippen molar-refractivity contribution in [1.82, 2.24) is 10.6 Å². The van der Waals surface area contributed by atoms with Gasteiger partial charge in [0.25, 0.3) is 5.91 Å². The summed E-state index contributed by atoms with van der Waals surface area (Å²) in [6.07, 6.45) is 9.19. The van der Waals surface area contributed by atoms with Crippen molar-refractivity contribution in [1.29, 1.82) is 0 Å². The maximum Gasteiger partial charge on any atom is 0.321 e. The van der Waals surface area contributed by atoms with Crippen LogP contribution in [0.15, 0.2) is 24.5 Å². The van der Waals surface area contributed by atoms with Crippen molar-refractivity contribution in [3.05, 3.63) is 24.5 Å². The van der Waals surface area contributed by atoms with Crippen LogP contribution in [0.2, 0.25) is 0 Å². The highest BCUT2D eigenvalue weighted by molar-refractivity contribution is 5.93. The molecule has 6 heteroatoms. The Kier molecular flexibility index (Phi) is 5.75. The van der Waals surface area contributed by atoms with Crippen molar-refractivity contribution in [2.24, 2.45) is 0 Å². The number of hydrogen-bond donors (Lipinski definition) is 2. The van der Waals surface area contributed by atoms with Gasteiger partial charge in [-0.3, -0.25) is 10.1 Å².